The lowest BCUT2D eigenvalue weighted by Gasteiger charge is -2.34. The van der Waals surface area contributed by atoms with Gasteiger partial charge in [-0.25, -0.2) is 4.79 Å². The van der Waals surface area contributed by atoms with Gasteiger partial charge in [-0.15, -0.1) is 0 Å². The first-order valence-electron chi connectivity index (χ1n) is 9.09. The van der Waals surface area contributed by atoms with E-state index in [-0.39, 0.29) is 31.4 Å². The second kappa shape index (κ2) is 9.55. The van der Waals surface area contributed by atoms with E-state index in [2.05, 4.69) is 5.32 Å². The summed E-state index contributed by atoms with van der Waals surface area (Å²) in [4.78, 5) is 38.8. The molecule has 0 bridgehead atoms. The summed E-state index contributed by atoms with van der Waals surface area (Å²) in [5, 5.41) is 3.28. The van der Waals surface area contributed by atoms with E-state index in [0.29, 0.717) is 22.8 Å². The fourth-order valence-electron chi connectivity index (χ4n) is 3.15. The highest BCUT2D eigenvalue weighted by atomic mass is 35.5. The third-order valence-corrected chi connectivity index (χ3v) is 4.68. The molecule has 6 nitrogen and oxygen atoms in total. The molecule has 0 fully saturated rings. The number of nitrogens with one attached hydrogen (secondary N) is 1. The Bertz CT molecular complexity index is 760. The quantitative estimate of drug-likeness (QED) is 0.724. The number of benzene rings is 1. The predicted molar refractivity (Wildman–Crippen MR) is 103 cm³/mol. The molecule has 1 aromatic carbocycles. The zero-order valence-corrected chi connectivity index (χ0v) is 16.6. The van der Waals surface area contributed by atoms with Gasteiger partial charge in [0.1, 0.15) is 6.54 Å². The second-order valence-electron chi connectivity index (χ2n) is 6.36. The lowest BCUT2D eigenvalue weighted by atomic mass is 9.83. The molecule has 2 amide bonds. The first kappa shape index (κ1) is 21.0. The molecule has 0 saturated carbocycles. The third-order valence-electron chi connectivity index (χ3n) is 4.44. The van der Waals surface area contributed by atoms with Crippen LogP contribution in [0.4, 0.5) is 0 Å². The minimum atomic E-state index is -0.480. The topological polar surface area (TPSA) is 75.7 Å². The molecule has 2 rings (SSSR count). The van der Waals surface area contributed by atoms with Gasteiger partial charge >= 0.3 is 5.97 Å². The summed E-state index contributed by atoms with van der Waals surface area (Å²) in [6.07, 6.45) is 0.881. The van der Waals surface area contributed by atoms with Crippen molar-refractivity contribution in [3.8, 4) is 0 Å². The molecule has 1 aliphatic heterocycles. The lowest BCUT2D eigenvalue weighted by molar-refractivity contribution is -0.141. The number of hydrogen-bond donors (Lipinski definition) is 1. The van der Waals surface area contributed by atoms with Crippen LogP contribution in [0.5, 0.6) is 0 Å². The normalized spacial score (nSPS) is 17.1. The van der Waals surface area contributed by atoms with Crippen molar-refractivity contribution in [2.45, 2.75) is 39.5 Å². The summed E-state index contributed by atoms with van der Waals surface area (Å²) in [6.45, 7) is 6.00. The van der Waals surface area contributed by atoms with Crippen LogP contribution in [0.15, 0.2) is 35.5 Å². The van der Waals surface area contributed by atoms with E-state index >= 15 is 0 Å². The van der Waals surface area contributed by atoms with Crippen molar-refractivity contribution in [3.05, 3.63) is 46.1 Å². The predicted octanol–water partition coefficient (Wildman–Crippen LogP) is 3.02. The summed E-state index contributed by atoms with van der Waals surface area (Å²) in [5.74, 6) is -1.40. The second-order valence-corrected chi connectivity index (χ2v) is 6.80. The van der Waals surface area contributed by atoms with Crippen LogP contribution >= 0.6 is 11.6 Å². The van der Waals surface area contributed by atoms with E-state index in [9.17, 15) is 14.4 Å². The van der Waals surface area contributed by atoms with Crippen LogP contribution in [-0.2, 0) is 19.1 Å². The molecule has 1 unspecified atom stereocenters. The Hall–Kier alpha value is -2.34. The van der Waals surface area contributed by atoms with Gasteiger partial charge in [0.25, 0.3) is 0 Å². The maximum Gasteiger partial charge on any atom is 0.336 e. The molecule has 1 aromatic rings. The summed E-state index contributed by atoms with van der Waals surface area (Å²) in [7, 11) is 0. The van der Waals surface area contributed by atoms with Crippen LogP contribution in [0, 0.1) is 0 Å². The van der Waals surface area contributed by atoms with Crippen LogP contribution in [0.3, 0.4) is 0 Å². The van der Waals surface area contributed by atoms with Gasteiger partial charge in [-0.2, -0.15) is 0 Å². The van der Waals surface area contributed by atoms with Crippen LogP contribution in [0.2, 0.25) is 5.02 Å². The monoisotopic (exact) mass is 392 g/mol. The van der Waals surface area contributed by atoms with Crippen LogP contribution in [0.25, 0.3) is 0 Å². The standard InChI is InChI=1S/C20H25ClN2O4/c1-4-9-22-17(24)12-23-13(3)19(20(26)27-5-2)16(11-18(23)25)14-7-6-8-15(21)10-14/h6-8,10,16H,4-5,9,11-12H2,1-3H3,(H,22,24). The highest BCUT2D eigenvalue weighted by molar-refractivity contribution is 6.30. The number of halogens is 1. The number of ether oxygens (including phenoxy) is 1. The zero-order valence-electron chi connectivity index (χ0n) is 15.9. The molecule has 27 heavy (non-hydrogen) atoms. The van der Waals surface area contributed by atoms with Gasteiger partial charge < -0.3 is 15.0 Å². The smallest absolute Gasteiger partial charge is 0.336 e. The Labute approximate surface area is 164 Å². The largest absolute Gasteiger partial charge is 0.463 e. The number of rotatable bonds is 7. The van der Waals surface area contributed by atoms with E-state index in [1.807, 2.05) is 13.0 Å². The van der Waals surface area contributed by atoms with Crippen molar-refractivity contribution in [2.75, 3.05) is 19.7 Å². The third kappa shape index (κ3) is 5.10. The van der Waals surface area contributed by atoms with Crippen LogP contribution < -0.4 is 5.32 Å². The Morgan fingerprint density at radius 1 is 1.33 bits per heavy atom. The van der Waals surface area contributed by atoms with Crippen molar-refractivity contribution >= 4 is 29.4 Å². The van der Waals surface area contributed by atoms with Crippen molar-refractivity contribution < 1.29 is 19.1 Å². The summed E-state index contributed by atoms with van der Waals surface area (Å²) >= 11 is 6.09. The van der Waals surface area contributed by atoms with Gasteiger partial charge in [0.15, 0.2) is 0 Å². The fraction of sp³-hybridized carbons (Fsp3) is 0.450. The summed E-state index contributed by atoms with van der Waals surface area (Å²) in [6, 6.07) is 7.10. The minimum absolute atomic E-state index is 0.0763. The van der Waals surface area contributed by atoms with E-state index in [4.69, 9.17) is 16.3 Å². The van der Waals surface area contributed by atoms with E-state index in [1.54, 1.807) is 32.0 Å². The summed E-state index contributed by atoms with van der Waals surface area (Å²) in [5.41, 5.74) is 1.61. The highest BCUT2D eigenvalue weighted by Crippen LogP contribution is 2.37. The van der Waals surface area contributed by atoms with Gasteiger partial charge in [-0.05, 0) is 38.0 Å². The molecule has 146 valence electrons. The van der Waals surface area contributed by atoms with Gasteiger partial charge in [0.2, 0.25) is 11.8 Å². The van der Waals surface area contributed by atoms with Crippen molar-refractivity contribution in [3.63, 3.8) is 0 Å². The van der Waals surface area contributed by atoms with Crippen molar-refractivity contribution in [2.24, 2.45) is 0 Å². The molecule has 1 heterocycles. The zero-order chi connectivity index (χ0) is 20.0. The van der Waals surface area contributed by atoms with Gasteiger partial charge in [-0.1, -0.05) is 30.7 Å². The maximum absolute atomic E-state index is 12.7. The molecule has 0 aromatic heterocycles. The Morgan fingerprint density at radius 2 is 2.07 bits per heavy atom. The molecule has 7 heteroatoms. The Balaban J connectivity index is 2.41. The maximum atomic E-state index is 12.7. The molecular formula is C20H25ClN2O4. The fourth-order valence-corrected chi connectivity index (χ4v) is 3.35. The molecule has 1 N–H and O–H groups in total. The number of nitrogens with zero attached hydrogens (tertiary/aromatic N) is 1. The molecule has 0 radical (unpaired) electrons. The SMILES string of the molecule is CCCNC(=O)CN1C(=O)CC(c2cccc(Cl)c2)C(C(=O)OCC)=C1C. The average Bonchev–Trinajstić information content (AvgIpc) is 2.63. The number of hydrogen-bond acceptors (Lipinski definition) is 4. The van der Waals surface area contributed by atoms with Crippen LogP contribution in [-0.4, -0.2) is 42.4 Å². The van der Waals surface area contributed by atoms with Gasteiger partial charge in [-0.3, -0.25) is 9.59 Å². The lowest BCUT2D eigenvalue weighted by Crippen LogP contribution is -2.44. The number of esters is 1. The number of carbonyl (C=O) groups excluding carboxylic acids is 3. The number of carbonyl (C=O) groups is 3. The molecule has 0 spiro atoms. The molecule has 1 atom stereocenters. The minimum Gasteiger partial charge on any atom is -0.463 e. The van der Waals surface area contributed by atoms with E-state index in [0.717, 1.165) is 12.0 Å². The molecular weight excluding hydrogens is 368 g/mol. The van der Waals surface area contributed by atoms with E-state index < -0.39 is 11.9 Å². The van der Waals surface area contributed by atoms with Crippen molar-refractivity contribution in [1.82, 2.24) is 10.2 Å². The van der Waals surface area contributed by atoms with Crippen LogP contribution in [0.1, 0.15) is 45.1 Å². The molecule has 1 aliphatic rings. The first-order chi connectivity index (χ1) is 12.9. The average molecular weight is 393 g/mol. The Morgan fingerprint density at radius 3 is 2.70 bits per heavy atom. The Kier molecular flexibility index (Phi) is 7.42. The first-order valence-corrected chi connectivity index (χ1v) is 9.47. The van der Waals surface area contributed by atoms with Gasteiger partial charge in [0, 0.05) is 29.6 Å². The summed E-state index contributed by atoms with van der Waals surface area (Å²) < 4.78 is 5.22. The highest BCUT2D eigenvalue weighted by Gasteiger charge is 2.37. The molecule has 0 saturated heterocycles. The van der Waals surface area contributed by atoms with Gasteiger partial charge in [0.05, 0.1) is 12.2 Å². The van der Waals surface area contributed by atoms with Crippen molar-refractivity contribution in [1.29, 1.82) is 0 Å². The number of amides is 2. The molecule has 0 aliphatic carbocycles. The van der Waals surface area contributed by atoms with E-state index in [1.165, 1.54) is 4.90 Å². The number of allylic oxidation sites excluding steroid dienone is 1.